The smallest absolute Gasteiger partial charge is 0.00934 e. The van der Waals surface area contributed by atoms with E-state index in [0.29, 0.717) is 0 Å². The molecule has 0 aliphatic rings. The van der Waals surface area contributed by atoms with E-state index in [1.807, 2.05) is 11.4 Å². The van der Waals surface area contributed by atoms with Crippen LogP contribution in [0, 0.1) is 0 Å². The molecule has 0 bridgehead atoms. The van der Waals surface area contributed by atoms with Crippen molar-refractivity contribution in [3.8, 4) is 0 Å². The average Bonchev–Trinajstić information content (AvgIpc) is 1.37. The second kappa shape index (κ2) is 3.52. The lowest BCUT2D eigenvalue weighted by atomic mass is 11.9. The van der Waals surface area contributed by atoms with Gasteiger partial charge in [-0.25, -0.2) is 0 Å². The third-order valence-corrected chi connectivity index (χ3v) is 1.06. The maximum Gasteiger partial charge on any atom is -0.00934 e. The summed E-state index contributed by atoms with van der Waals surface area (Å²) in [5.74, 6) is 0. The van der Waals surface area contributed by atoms with Crippen LogP contribution < -0.4 is 0 Å². The highest BCUT2D eigenvalue weighted by atomic mass is 32.2. The van der Waals surface area contributed by atoms with Gasteiger partial charge >= 0.3 is 0 Å². The van der Waals surface area contributed by atoms with E-state index in [1.165, 1.54) is 0 Å². The fraction of sp³-hybridized carbons (Fsp3) is 0.500. The molecule has 0 rings (SSSR count). The van der Waals surface area contributed by atoms with Crippen LogP contribution in [-0.2, 0) is 0 Å². The first-order valence-electron chi connectivity index (χ1n) is 0.933. The van der Waals surface area contributed by atoms with Crippen molar-refractivity contribution in [2.75, 3.05) is 6.26 Å². The van der Waals surface area contributed by atoms with E-state index in [0.717, 1.165) is 0 Å². The molecule has 4 heavy (non-hydrogen) atoms. The highest BCUT2D eigenvalue weighted by Gasteiger charge is 1.44. The van der Waals surface area contributed by atoms with Crippen LogP contribution in [-0.4, -0.2) is 11.4 Å². The zero-order valence-corrected chi connectivity index (χ0v) is 4.30. The Labute approximate surface area is 32.8 Å². The molecule has 0 nitrogen and oxygen atoms in total. The molecule has 0 aliphatic carbocycles. The van der Waals surface area contributed by atoms with Crippen LogP contribution >= 0.6 is 20.6 Å². The van der Waals surface area contributed by atoms with Gasteiger partial charge in [0, 0.05) is 0 Å². The Bertz CT molecular complexity index is 20.0. The molecule has 0 aliphatic heterocycles. The summed E-state index contributed by atoms with van der Waals surface area (Å²) >= 11 is 1.65. The van der Waals surface area contributed by atoms with E-state index in [1.54, 1.807) is 11.8 Å². The van der Waals surface area contributed by atoms with Crippen molar-refractivity contribution in [1.29, 1.82) is 0 Å². The summed E-state index contributed by atoms with van der Waals surface area (Å²) in [5, 5.41) is 1.85. The standard InChI is InChI=1S/C2H5PS/c1-4-2-3/h2-3H,1H3. The molecule has 24 valence electrons. The van der Waals surface area contributed by atoms with Crippen LogP contribution in [0.1, 0.15) is 0 Å². The van der Waals surface area contributed by atoms with Gasteiger partial charge in [-0.15, -0.1) is 20.6 Å². The third-order valence-electron chi connectivity index (χ3n) is 0.118. The Balaban J connectivity index is 2.30. The van der Waals surface area contributed by atoms with Gasteiger partial charge in [0.05, 0.1) is 0 Å². The zero-order chi connectivity index (χ0) is 3.41. The van der Waals surface area contributed by atoms with E-state index in [4.69, 9.17) is 0 Å². The predicted octanol–water partition coefficient (Wildman–Crippen LogP) is 1.25. The molecule has 0 aromatic heterocycles. The minimum Gasteiger partial charge on any atom is -0.133 e. The van der Waals surface area contributed by atoms with Gasteiger partial charge in [-0.05, 0) is 11.4 Å². The van der Waals surface area contributed by atoms with Crippen molar-refractivity contribution in [2.24, 2.45) is 0 Å². The monoisotopic (exact) mass is 92.0 g/mol. The first kappa shape index (κ1) is 4.52. The largest absolute Gasteiger partial charge is 0.133 e. The van der Waals surface area contributed by atoms with Crippen molar-refractivity contribution < 1.29 is 0 Å². The van der Waals surface area contributed by atoms with Gasteiger partial charge in [0.2, 0.25) is 0 Å². The predicted molar refractivity (Wildman–Crippen MR) is 27.9 cm³/mol. The topological polar surface area (TPSA) is 0 Å². The number of hydrogen-bond donors (Lipinski definition) is 0. The van der Waals surface area contributed by atoms with Crippen LogP contribution in [0.2, 0.25) is 0 Å². The second-order valence-electron chi connectivity index (χ2n) is 0.354. The number of thioether (sulfide) groups is 1. The molecule has 0 aromatic carbocycles. The molecule has 0 radical (unpaired) electrons. The summed E-state index contributed by atoms with van der Waals surface area (Å²) in [6.07, 6.45) is 1.99. The Morgan fingerprint density at radius 1 is 2.00 bits per heavy atom. The van der Waals surface area contributed by atoms with Crippen LogP contribution in [0.3, 0.4) is 0 Å². The Morgan fingerprint density at radius 2 is 2.25 bits per heavy atom. The number of rotatable bonds is 1. The molecule has 0 saturated carbocycles. The molecule has 2 heteroatoms. The first-order valence-corrected chi connectivity index (χ1v) is 2.80. The SMILES string of the molecule is CSC=P. The van der Waals surface area contributed by atoms with E-state index in [9.17, 15) is 0 Å². The van der Waals surface area contributed by atoms with Gasteiger partial charge in [-0.2, -0.15) is 0 Å². The van der Waals surface area contributed by atoms with Crippen molar-refractivity contribution in [1.82, 2.24) is 0 Å². The molecule has 0 atom stereocenters. The van der Waals surface area contributed by atoms with E-state index in [-0.39, 0.29) is 0 Å². The Kier molecular flexibility index (Phi) is 3.98. The highest BCUT2D eigenvalue weighted by molar-refractivity contribution is 8.14. The van der Waals surface area contributed by atoms with Gasteiger partial charge in [0.15, 0.2) is 0 Å². The van der Waals surface area contributed by atoms with Crippen molar-refractivity contribution in [3.05, 3.63) is 0 Å². The van der Waals surface area contributed by atoms with Crippen LogP contribution in [0.4, 0.5) is 0 Å². The van der Waals surface area contributed by atoms with E-state index in [2.05, 4.69) is 8.86 Å². The van der Waals surface area contributed by atoms with Crippen molar-refractivity contribution >= 4 is 25.8 Å². The van der Waals surface area contributed by atoms with Crippen molar-refractivity contribution in [2.45, 2.75) is 0 Å². The Morgan fingerprint density at radius 3 is 2.25 bits per heavy atom. The molecule has 0 spiro atoms. The van der Waals surface area contributed by atoms with E-state index < -0.39 is 0 Å². The fourth-order valence-corrected chi connectivity index (χ4v) is 0. The van der Waals surface area contributed by atoms with Crippen LogP contribution in [0.25, 0.3) is 0 Å². The summed E-state index contributed by atoms with van der Waals surface area (Å²) in [7, 11) is 3.13. The molecular weight excluding hydrogens is 87.1 g/mol. The van der Waals surface area contributed by atoms with Gasteiger partial charge in [-0.3, -0.25) is 0 Å². The summed E-state index contributed by atoms with van der Waals surface area (Å²) in [6, 6.07) is 0. The lowest BCUT2D eigenvalue weighted by Crippen LogP contribution is -1.37. The van der Waals surface area contributed by atoms with Gasteiger partial charge in [0.1, 0.15) is 0 Å². The maximum atomic E-state index is 3.13. The zero-order valence-electron chi connectivity index (χ0n) is 2.49. The molecule has 0 fully saturated rings. The van der Waals surface area contributed by atoms with Gasteiger partial charge < -0.3 is 0 Å². The van der Waals surface area contributed by atoms with Gasteiger partial charge in [-0.1, -0.05) is 0 Å². The molecule has 0 saturated heterocycles. The summed E-state index contributed by atoms with van der Waals surface area (Å²) in [5.41, 5.74) is 0. The lowest BCUT2D eigenvalue weighted by molar-refractivity contribution is 2.54. The fourth-order valence-electron chi connectivity index (χ4n) is 0. The highest BCUT2D eigenvalue weighted by Crippen LogP contribution is 1.80. The van der Waals surface area contributed by atoms with Crippen LogP contribution in [0.5, 0.6) is 0 Å². The van der Waals surface area contributed by atoms with E-state index >= 15 is 0 Å². The van der Waals surface area contributed by atoms with Crippen molar-refractivity contribution in [3.63, 3.8) is 0 Å². The normalized spacial score (nSPS) is 6.25. The third kappa shape index (κ3) is 2.52. The quantitative estimate of drug-likeness (QED) is 0.439. The molecule has 0 unspecified atom stereocenters. The first-order chi connectivity index (χ1) is 1.91. The molecular formula is C2H5PS. The Hall–Kier alpha value is 0.520. The average molecular weight is 92.1 g/mol. The molecule has 0 amide bonds. The van der Waals surface area contributed by atoms with Gasteiger partial charge in [0.25, 0.3) is 0 Å². The summed E-state index contributed by atoms with van der Waals surface area (Å²) in [4.78, 5) is 0. The van der Waals surface area contributed by atoms with Crippen LogP contribution in [0.15, 0.2) is 0 Å². The minimum atomic E-state index is 1.65. The summed E-state index contributed by atoms with van der Waals surface area (Å²) < 4.78 is 0. The molecule has 0 N–H and O–H groups in total. The molecule has 0 heterocycles. The minimum absolute atomic E-state index is 1.65. The number of hydrogen-bond acceptors (Lipinski definition) is 1. The lowest BCUT2D eigenvalue weighted by Gasteiger charge is -1.58. The maximum absolute atomic E-state index is 3.13. The summed E-state index contributed by atoms with van der Waals surface area (Å²) in [6.45, 7) is 0. The molecule has 0 aromatic rings. The second-order valence-corrected chi connectivity index (χ2v) is 1.77.